The van der Waals surface area contributed by atoms with Gasteiger partial charge >= 0.3 is 0 Å². The van der Waals surface area contributed by atoms with Gasteiger partial charge in [-0.3, -0.25) is 4.79 Å². The molecule has 1 spiro atoms. The van der Waals surface area contributed by atoms with Crippen LogP contribution in [0.4, 0.5) is 5.69 Å². The number of anilines is 1. The zero-order valence-corrected chi connectivity index (χ0v) is 30.0. The number of carbonyl (C=O) groups excluding carboxylic acids is 1. The summed E-state index contributed by atoms with van der Waals surface area (Å²) in [6.45, 7) is 10.1. The molecule has 0 saturated carbocycles. The largest absolute Gasteiger partial charge is 0.490 e. The summed E-state index contributed by atoms with van der Waals surface area (Å²) < 4.78 is 41.1. The number of carbonyl (C=O) groups is 1. The fourth-order valence-electron chi connectivity index (χ4n) is 8.14. The molecule has 0 aromatic heterocycles. The van der Waals surface area contributed by atoms with Crippen LogP contribution < -0.4 is 14.4 Å². The van der Waals surface area contributed by atoms with E-state index in [1.807, 2.05) is 25.1 Å². The Kier molecular flexibility index (Phi) is 11.0. The molecule has 0 radical (unpaired) electrons. The summed E-state index contributed by atoms with van der Waals surface area (Å²) in [5, 5.41) is 12.3. The average molecular weight is 687 g/mol. The Labute approximate surface area is 285 Å². The van der Waals surface area contributed by atoms with E-state index in [2.05, 4.69) is 35.6 Å². The van der Waals surface area contributed by atoms with Crippen LogP contribution in [-0.2, 0) is 26.6 Å². The van der Waals surface area contributed by atoms with E-state index in [1.54, 1.807) is 32.2 Å². The van der Waals surface area contributed by atoms with E-state index < -0.39 is 26.8 Å². The Morgan fingerprint density at radius 3 is 2.68 bits per heavy atom. The molecule has 5 rings (SSSR count). The van der Waals surface area contributed by atoms with E-state index in [1.165, 1.54) is 11.1 Å². The van der Waals surface area contributed by atoms with Crippen molar-refractivity contribution in [2.24, 2.45) is 17.8 Å². The Morgan fingerprint density at radius 2 is 1.94 bits per heavy atom. The molecular formula is C37H51ClN2O6S. The van der Waals surface area contributed by atoms with Gasteiger partial charge in [-0.1, -0.05) is 50.6 Å². The number of ether oxygens (including phenoxy) is 2. The number of allylic oxidation sites excluding steroid dienone is 1. The van der Waals surface area contributed by atoms with Gasteiger partial charge in [0, 0.05) is 42.8 Å². The first-order chi connectivity index (χ1) is 22.3. The van der Waals surface area contributed by atoms with Crippen molar-refractivity contribution in [2.45, 2.75) is 88.9 Å². The molecule has 2 aromatic rings. The molecule has 2 N–H and O–H groups in total. The van der Waals surface area contributed by atoms with Gasteiger partial charge in [0.25, 0.3) is 5.91 Å². The van der Waals surface area contributed by atoms with Crippen molar-refractivity contribution < 1.29 is 27.8 Å². The second-order valence-electron chi connectivity index (χ2n) is 14.2. The van der Waals surface area contributed by atoms with Crippen LogP contribution in [0.25, 0.3) is 0 Å². The van der Waals surface area contributed by atoms with Gasteiger partial charge in [-0.05, 0) is 111 Å². The van der Waals surface area contributed by atoms with Gasteiger partial charge < -0.3 is 19.5 Å². The highest BCUT2D eigenvalue weighted by molar-refractivity contribution is 7.90. The molecule has 0 saturated heterocycles. The SMILES string of the molecule is CC[C@@H]1[C@@H](C)CN2C[C@@]3(CCCc4cc(Cl)ccc43)COc3ccc(cc32)C(=O)NS(=O)(=O)[C@H](C)[C@@H](C)C/C=C/[C@@]1(O)CCCOC. The summed E-state index contributed by atoms with van der Waals surface area (Å²) in [4.78, 5) is 15.8. The molecular weight excluding hydrogens is 636 g/mol. The van der Waals surface area contributed by atoms with Gasteiger partial charge in [-0.2, -0.15) is 0 Å². The van der Waals surface area contributed by atoms with Gasteiger partial charge in [-0.15, -0.1) is 0 Å². The molecule has 8 nitrogen and oxygen atoms in total. The normalized spacial score (nSPS) is 31.7. The number of fused-ring (bicyclic) bond motifs is 3. The minimum absolute atomic E-state index is 0.0515. The third kappa shape index (κ3) is 7.53. The maximum atomic E-state index is 13.5. The Balaban J connectivity index is 1.63. The van der Waals surface area contributed by atoms with Crippen LogP contribution in [0.5, 0.6) is 5.75 Å². The fourth-order valence-corrected chi connectivity index (χ4v) is 9.62. The Bertz CT molecular complexity index is 1580. The van der Waals surface area contributed by atoms with Gasteiger partial charge in [0.2, 0.25) is 10.0 Å². The number of methoxy groups -OCH3 is 1. The third-order valence-corrected chi connectivity index (χ3v) is 13.1. The van der Waals surface area contributed by atoms with Crippen molar-refractivity contribution in [3.63, 3.8) is 0 Å². The number of amides is 1. The second kappa shape index (κ2) is 14.5. The Morgan fingerprint density at radius 1 is 1.15 bits per heavy atom. The maximum absolute atomic E-state index is 13.5. The minimum atomic E-state index is -3.98. The number of sulfonamides is 1. The Hall–Kier alpha value is -2.59. The lowest BCUT2D eigenvalue weighted by atomic mass is 9.69. The van der Waals surface area contributed by atoms with Gasteiger partial charge in [0.1, 0.15) is 5.75 Å². The number of hydrogen-bond donors (Lipinski definition) is 2. The third-order valence-electron chi connectivity index (χ3n) is 10.9. The van der Waals surface area contributed by atoms with Crippen molar-refractivity contribution >= 4 is 33.2 Å². The summed E-state index contributed by atoms with van der Waals surface area (Å²) in [5.41, 5.74) is 2.05. The predicted molar refractivity (Wildman–Crippen MR) is 188 cm³/mol. The topological polar surface area (TPSA) is 105 Å². The van der Waals surface area contributed by atoms with E-state index in [4.69, 9.17) is 21.1 Å². The van der Waals surface area contributed by atoms with E-state index in [0.29, 0.717) is 51.3 Å². The molecule has 258 valence electrons. The summed E-state index contributed by atoms with van der Waals surface area (Å²) >= 11 is 6.44. The predicted octanol–water partition coefficient (Wildman–Crippen LogP) is 6.68. The van der Waals surface area contributed by atoms with Crippen molar-refractivity contribution in [3.05, 3.63) is 70.3 Å². The molecule has 1 aliphatic carbocycles. The lowest BCUT2D eigenvalue weighted by molar-refractivity contribution is -0.0111. The molecule has 2 aliphatic heterocycles. The monoisotopic (exact) mass is 686 g/mol. The van der Waals surface area contributed by atoms with Crippen molar-refractivity contribution in [2.75, 3.05) is 38.3 Å². The van der Waals surface area contributed by atoms with E-state index in [-0.39, 0.29) is 28.7 Å². The van der Waals surface area contributed by atoms with Crippen molar-refractivity contribution in [3.8, 4) is 5.75 Å². The molecule has 2 bridgehead atoms. The standard InChI is InChI=1S/C37H51ClN2O6S/c1-6-31-26(3)22-40-23-36(16-8-11-28-20-30(38)13-14-32(28)36)24-46-34-15-12-29(21-33(34)40)35(41)39-47(43,44)27(4)25(2)10-7-17-37(31,42)18-9-19-45-5/h7,12-15,17,20-21,25-27,31,42H,6,8-11,16,18-19,22-24H2,1-5H3,(H,39,41)/b17-7+/t25-,26-,27+,31+,36-,37+/m0/s1. The molecule has 47 heavy (non-hydrogen) atoms. The smallest absolute Gasteiger partial charge is 0.264 e. The lowest BCUT2D eigenvalue weighted by Crippen LogP contribution is -2.49. The number of halogens is 1. The quantitative estimate of drug-likeness (QED) is 0.267. The highest BCUT2D eigenvalue weighted by atomic mass is 35.5. The van der Waals surface area contributed by atoms with Gasteiger partial charge in [0.15, 0.2) is 0 Å². The molecule has 10 heteroatoms. The number of aliphatic hydroxyl groups is 1. The van der Waals surface area contributed by atoms with Crippen LogP contribution in [0, 0.1) is 17.8 Å². The summed E-state index contributed by atoms with van der Waals surface area (Å²) in [6, 6.07) is 11.3. The molecule has 0 unspecified atom stereocenters. The van der Waals surface area contributed by atoms with Gasteiger partial charge in [0.05, 0.1) is 23.1 Å². The number of benzene rings is 2. The first-order valence-corrected chi connectivity index (χ1v) is 19.0. The summed E-state index contributed by atoms with van der Waals surface area (Å²) in [7, 11) is -2.31. The first-order valence-electron chi connectivity index (χ1n) is 17.1. The van der Waals surface area contributed by atoms with Crippen LogP contribution >= 0.6 is 11.6 Å². The van der Waals surface area contributed by atoms with Crippen LogP contribution in [-0.4, -0.2) is 63.7 Å². The molecule has 0 fully saturated rings. The van der Waals surface area contributed by atoms with Crippen LogP contribution in [0.3, 0.4) is 0 Å². The second-order valence-corrected chi connectivity index (χ2v) is 16.6. The minimum Gasteiger partial charge on any atom is -0.490 e. The van der Waals surface area contributed by atoms with E-state index >= 15 is 0 Å². The summed E-state index contributed by atoms with van der Waals surface area (Å²) in [5.74, 6) is -0.326. The van der Waals surface area contributed by atoms with Crippen molar-refractivity contribution in [1.29, 1.82) is 0 Å². The van der Waals surface area contributed by atoms with E-state index in [0.717, 1.165) is 36.4 Å². The molecule has 6 atom stereocenters. The number of nitrogens with one attached hydrogen (secondary N) is 1. The van der Waals surface area contributed by atoms with Gasteiger partial charge in [-0.25, -0.2) is 13.1 Å². The number of rotatable bonds is 5. The first kappa shape index (κ1) is 35.7. The molecule has 2 aromatic carbocycles. The highest BCUT2D eigenvalue weighted by Crippen LogP contribution is 2.46. The molecule has 1 amide bonds. The van der Waals surface area contributed by atoms with Crippen LogP contribution in [0.1, 0.15) is 87.7 Å². The average Bonchev–Trinajstić information content (AvgIpc) is 3.17. The summed E-state index contributed by atoms with van der Waals surface area (Å²) in [6.07, 6.45) is 9.13. The number of nitrogens with zero attached hydrogens (tertiary/aromatic N) is 1. The number of hydrogen-bond acceptors (Lipinski definition) is 7. The zero-order valence-electron chi connectivity index (χ0n) is 28.4. The fraction of sp³-hybridized carbons (Fsp3) is 0.595. The van der Waals surface area contributed by atoms with E-state index in [9.17, 15) is 18.3 Å². The lowest BCUT2D eigenvalue weighted by Gasteiger charge is -2.43. The van der Waals surface area contributed by atoms with Crippen LogP contribution in [0.15, 0.2) is 48.6 Å². The zero-order chi connectivity index (χ0) is 34.0. The van der Waals surface area contributed by atoms with Crippen LogP contribution in [0.2, 0.25) is 5.02 Å². The highest BCUT2D eigenvalue weighted by Gasteiger charge is 2.44. The molecule has 2 heterocycles. The molecule has 3 aliphatic rings. The maximum Gasteiger partial charge on any atom is 0.264 e. The van der Waals surface area contributed by atoms with Crippen molar-refractivity contribution in [1.82, 2.24) is 4.72 Å². The number of aryl methyl sites for hydroxylation is 1.